The molecule has 2 rings (SSSR count). The number of carbonyl (C=O) groups excluding carboxylic acids is 2. The fraction of sp³-hybridized carbons (Fsp3) is 0.318. The van der Waals surface area contributed by atoms with Gasteiger partial charge in [0.15, 0.2) is 0 Å². The second-order valence-corrected chi connectivity index (χ2v) is 6.54. The van der Waals surface area contributed by atoms with Crippen molar-refractivity contribution < 1.29 is 14.3 Å². The molecule has 7 heteroatoms. The monoisotopic (exact) mass is 396 g/mol. The molecule has 2 aromatic carbocycles. The molecular weight excluding hydrogens is 368 g/mol. The highest BCUT2D eigenvalue weighted by molar-refractivity contribution is 5.95. The number of esters is 1. The van der Waals surface area contributed by atoms with Crippen molar-refractivity contribution in [2.45, 2.75) is 33.2 Å². The summed E-state index contributed by atoms with van der Waals surface area (Å²) in [5.74, 6) is 4.65. The first-order valence-corrected chi connectivity index (χ1v) is 9.68. The Morgan fingerprint density at radius 1 is 1.14 bits per heavy atom. The zero-order valence-electron chi connectivity index (χ0n) is 16.9. The van der Waals surface area contributed by atoms with Crippen molar-refractivity contribution in [2.75, 3.05) is 6.61 Å². The van der Waals surface area contributed by atoms with Gasteiger partial charge >= 0.3 is 5.97 Å². The molecule has 0 saturated heterocycles. The van der Waals surface area contributed by atoms with Gasteiger partial charge in [0.05, 0.1) is 18.2 Å². The molecule has 2 aromatic rings. The third kappa shape index (κ3) is 7.04. The maximum atomic E-state index is 12.4. The van der Waals surface area contributed by atoms with Crippen LogP contribution in [0.3, 0.4) is 0 Å². The molecule has 4 N–H and O–H groups in total. The van der Waals surface area contributed by atoms with Gasteiger partial charge in [0.1, 0.15) is 6.34 Å². The van der Waals surface area contributed by atoms with Crippen LogP contribution in [0.25, 0.3) is 0 Å². The summed E-state index contributed by atoms with van der Waals surface area (Å²) < 4.78 is 5.14. The van der Waals surface area contributed by atoms with E-state index in [1.165, 1.54) is 6.34 Å². The van der Waals surface area contributed by atoms with Crippen molar-refractivity contribution in [3.05, 3.63) is 65.2 Å². The standard InChI is InChI=1S/C22H28N4O3/c1-3-18(22(28)29-4-2)12-16-7-5-8-17(11-16)14-24-21(27)19-9-6-10-20(13-19)25-15-26-23/h5-11,13,15,18H,3-4,12,14,23H2,1-2H3,(H,24,27)(H,25,26). The number of nitrogens with one attached hydrogen (secondary N) is 2. The highest BCUT2D eigenvalue weighted by Gasteiger charge is 2.18. The molecule has 1 atom stereocenters. The van der Waals surface area contributed by atoms with Gasteiger partial charge in [0.2, 0.25) is 0 Å². The van der Waals surface area contributed by atoms with Crippen LogP contribution in [-0.4, -0.2) is 24.8 Å². The Morgan fingerprint density at radius 2 is 1.90 bits per heavy atom. The molecule has 0 bridgehead atoms. The predicted octanol–water partition coefficient (Wildman–Crippen LogP) is 2.87. The molecule has 1 amide bonds. The lowest BCUT2D eigenvalue weighted by atomic mass is 9.96. The third-order valence-corrected chi connectivity index (χ3v) is 4.44. The number of ether oxygens (including phenoxy) is 1. The average molecular weight is 396 g/mol. The molecular formula is C22H28N4O3. The molecule has 29 heavy (non-hydrogen) atoms. The number of carbonyl (C=O) groups is 2. The van der Waals surface area contributed by atoms with Crippen molar-refractivity contribution in [3.63, 3.8) is 0 Å². The Morgan fingerprint density at radius 3 is 2.62 bits per heavy atom. The fourth-order valence-electron chi connectivity index (χ4n) is 2.93. The van der Waals surface area contributed by atoms with E-state index < -0.39 is 0 Å². The molecule has 0 aliphatic rings. The van der Waals surface area contributed by atoms with Gasteiger partial charge in [-0.05, 0) is 49.1 Å². The van der Waals surface area contributed by atoms with E-state index in [4.69, 9.17) is 10.6 Å². The lowest BCUT2D eigenvalue weighted by Crippen LogP contribution is -2.23. The maximum absolute atomic E-state index is 12.4. The first kappa shape index (κ1) is 22.1. The van der Waals surface area contributed by atoms with Crippen LogP contribution in [0.4, 0.5) is 5.69 Å². The number of amides is 1. The van der Waals surface area contributed by atoms with Gasteiger partial charge in [0.25, 0.3) is 5.91 Å². The summed E-state index contributed by atoms with van der Waals surface area (Å²) in [5, 5.41) is 2.91. The topological polar surface area (TPSA) is 106 Å². The molecule has 0 heterocycles. The van der Waals surface area contributed by atoms with Crippen LogP contribution >= 0.6 is 0 Å². The third-order valence-electron chi connectivity index (χ3n) is 4.44. The number of nitrogens with zero attached hydrogens (tertiary/aromatic N) is 1. The van der Waals surface area contributed by atoms with E-state index in [1.54, 1.807) is 24.3 Å². The van der Waals surface area contributed by atoms with Crippen LogP contribution < -0.4 is 16.6 Å². The van der Waals surface area contributed by atoms with Crippen molar-refractivity contribution in [3.8, 4) is 0 Å². The van der Waals surface area contributed by atoms with Gasteiger partial charge in [-0.2, -0.15) is 0 Å². The van der Waals surface area contributed by atoms with Crippen molar-refractivity contribution in [1.82, 2.24) is 10.7 Å². The number of hydrogen-bond acceptors (Lipinski definition) is 5. The molecule has 0 radical (unpaired) electrons. The summed E-state index contributed by atoms with van der Waals surface area (Å²) in [6.07, 6.45) is 2.69. The number of rotatable bonds is 10. The second kappa shape index (κ2) is 11.6. The zero-order valence-corrected chi connectivity index (χ0v) is 16.9. The number of hydrogen-bond donors (Lipinski definition) is 3. The Kier molecular flexibility index (Phi) is 8.85. The molecule has 0 saturated carbocycles. The summed E-state index contributed by atoms with van der Waals surface area (Å²) in [6, 6.07) is 14.8. The zero-order chi connectivity index (χ0) is 21.1. The SMILES string of the molecule is CCOC(=O)C(CC)Cc1cccc(CNC(=O)c2cccc(N=CNN)c2)c1. The Hall–Kier alpha value is -3.19. The largest absolute Gasteiger partial charge is 0.466 e. The van der Waals surface area contributed by atoms with Crippen LogP contribution in [-0.2, 0) is 22.5 Å². The number of hydrazine groups is 1. The van der Waals surface area contributed by atoms with E-state index in [1.807, 2.05) is 38.1 Å². The van der Waals surface area contributed by atoms with Gasteiger partial charge in [-0.1, -0.05) is 37.3 Å². The minimum absolute atomic E-state index is 0.161. The number of aliphatic imine (C=N–C) groups is 1. The normalized spacial score (nSPS) is 11.8. The maximum Gasteiger partial charge on any atom is 0.309 e. The number of nitrogens with two attached hydrogens (primary N) is 1. The minimum atomic E-state index is -0.189. The van der Waals surface area contributed by atoms with Gasteiger partial charge in [-0.15, -0.1) is 0 Å². The first-order valence-electron chi connectivity index (χ1n) is 9.68. The van der Waals surface area contributed by atoms with Crippen LogP contribution in [0.1, 0.15) is 41.8 Å². The highest BCUT2D eigenvalue weighted by Crippen LogP contribution is 2.16. The van der Waals surface area contributed by atoms with E-state index in [0.717, 1.165) is 17.5 Å². The molecule has 0 spiro atoms. The van der Waals surface area contributed by atoms with Gasteiger partial charge < -0.3 is 15.5 Å². The second-order valence-electron chi connectivity index (χ2n) is 6.54. The fourth-order valence-corrected chi connectivity index (χ4v) is 2.93. The van der Waals surface area contributed by atoms with Crippen molar-refractivity contribution in [1.29, 1.82) is 0 Å². The first-order chi connectivity index (χ1) is 14.1. The van der Waals surface area contributed by atoms with Crippen LogP contribution in [0.5, 0.6) is 0 Å². The molecule has 7 nitrogen and oxygen atoms in total. The van der Waals surface area contributed by atoms with Gasteiger partial charge in [-0.3, -0.25) is 9.59 Å². The molecule has 0 aliphatic carbocycles. The summed E-state index contributed by atoms with van der Waals surface area (Å²) in [5.41, 5.74) is 5.48. The van der Waals surface area contributed by atoms with E-state index in [2.05, 4.69) is 15.7 Å². The van der Waals surface area contributed by atoms with Crippen LogP contribution in [0.15, 0.2) is 53.5 Å². The Labute approximate surface area is 171 Å². The summed E-state index contributed by atoms with van der Waals surface area (Å²) in [4.78, 5) is 28.6. The molecule has 0 aliphatic heterocycles. The molecule has 0 fully saturated rings. The van der Waals surface area contributed by atoms with Crippen molar-refractivity contribution in [2.24, 2.45) is 16.8 Å². The van der Waals surface area contributed by atoms with E-state index in [0.29, 0.717) is 30.8 Å². The Bertz CT molecular complexity index is 851. The number of benzene rings is 2. The lowest BCUT2D eigenvalue weighted by Gasteiger charge is -2.14. The quantitative estimate of drug-likeness (QED) is 0.188. The predicted molar refractivity (Wildman–Crippen MR) is 114 cm³/mol. The van der Waals surface area contributed by atoms with Crippen molar-refractivity contribution >= 4 is 23.9 Å². The van der Waals surface area contributed by atoms with E-state index >= 15 is 0 Å². The lowest BCUT2D eigenvalue weighted by molar-refractivity contribution is -0.148. The summed E-state index contributed by atoms with van der Waals surface area (Å²) >= 11 is 0. The summed E-state index contributed by atoms with van der Waals surface area (Å²) in [6.45, 7) is 4.57. The summed E-state index contributed by atoms with van der Waals surface area (Å²) in [7, 11) is 0. The Balaban J connectivity index is 1.99. The van der Waals surface area contributed by atoms with Gasteiger partial charge in [0, 0.05) is 12.1 Å². The molecule has 1 unspecified atom stereocenters. The smallest absolute Gasteiger partial charge is 0.309 e. The van der Waals surface area contributed by atoms with E-state index in [9.17, 15) is 9.59 Å². The van der Waals surface area contributed by atoms with E-state index in [-0.39, 0.29) is 17.8 Å². The van der Waals surface area contributed by atoms with Crippen LogP contribution in [0.2, 0.25) is 0 Å². The molecule has 0 aromatic heterocycles. The highest BCUT2D eigenvalue weighted by atomic mass is 16.5. The van der Waals surface area contributed by atoms with Gasteiger partial charge in [-0.25, -0.2) is 10.8 Å². The minimum Gasteiger partial charge on any atom is -0.466 e. The average Bonchev–Trinajstić information content (AvgIpc) is 2.75. The molecule has 154 valence electrons. The van der Waals surface area contributed by atoms with Crippen LogP contribution in [0, 0.1) is 5.92 Å².